The van der Waals surface area contributed by atoms with E-state index in [1.54, 1.807) is 13.8 Å². The van der Waals surface area contributed by atoms with Gasteiger partial charge in [0.25, 0.3) is 0 Å². The van der Waals surface area contributed by atoms with E-state index in [0.717, 1.165) is 12.8 Å². The molecule has 0 saturated heterocycles. The molecule has 0 aromatic carbocycles. The van der Waals surface area contributed by atoms with Gasteiger partial charge in [0, 0.05) is 12.8 Å². The molecule has 0 heterocycles. The lowest BCUT2D eigenvalue weighted by Crippen LogP contribution is -2.24. The van der Waals surface area contributed by atoms with Crippen LogP contribution in [-0.2, 0) is 19.1 Å². The van der Waals surface area contributed by atoms with E-state index in [2.05, 4.69) is 12.2 Å². The molecule has 0 N–H and O–H groups in total. The van der Waals surface area contributed by atoms with E-state index in [0.29, 0.717) is 26.1 Å². The smallest absolute Gasteiger partial charge is 0.306 e. The zero-order chi connectivity index (χ0) is 13.4. The average molecular weight is 254 g/mol. The van der Waals surface area contributed by atoms with Crippen LogP contribution >= 0.6 is 0 Å². The highest BCUT2D eigenvalue weighted by Gasteiger charge is 2.27. The summed E-state index contributed by atoms with van der Waals surface area (Å²) in [6.45, 7) is 4.41. The molecule has 0 amide bonds. The summed E-state index contributed by atoms with van der Waals surface area (Å²) in [7, 11) is 0. The number of hydrogen-bond donors (Lipinski definition) is 0. The number of carbonyl (C=O) groups is 2. The summed E-state index contributed by atoms with van der Waals surface area (Å²) in [5, 5.41) is 0. The molecule has 1 aliphatic carbocycles. The van der Waals surface area contributed by atoms with Gasteiger partial charge in [-0.25, -0.2) is 0 Å². The highest BCUT2D eigenvalue weighted by Crippen LogP contribution is 2.31. The van der Waals surface area contributed by atoms with Crippen LogP contribution in [0.4, 0.5) is 0 Å². The minimum absolute atomic E-state index is 0.174. The molecule has 4 nitrogen and oxygen atoms in total. The van der Waals surface area contributed by atoms with Gasteiger partial charge in [-0.2, -0.15) is 0 Å². The second-order valence-electron chi connectivity index (χ2n) is 4.48. The summed E-state index contributed by atoms with van der Waals surface area (Å²) in [5.74, 6) is 0.0372. The first kappa shape index (κ1) is 14.7. The molecule has 0 fully saturated rings. The Kier molecular flexibility index (Phi) is 6.47. The zero-order valence-electron chi connectivity index (χ0n) is 11.2. The maximum Gasteiger partial charge on any atom is 0.306 e. The van der Waals surface area contributed by atoms with Gasteiger partial charge in [-0.3, -0.25) is 9.59 Å². The standard InChI is InChI=1S/C14H22O4/c1-3-17-13(15)9-11-7-5-6-8-12(11)10-14(16)18-4-2/h5-6,11-12H,3-4,7-10H2,1-2H3/t11-,12+. The van der Waals surface area contributed by atoms with Crippen LogP contribution in [0.5, 0.6) is 0 Å². The van der Waals surface area contributed by atoms with Gasteiger partial charge >= 0.3 is 11.9 Å². The van der Waals surface area contributed by atoms with Crippen molar-refractivity contribution < 1.29 is 19.1 Å². The molecule has 0 unspecified atom stereocenters. The van der Waals surface area contributed by atoms with E-state index in [1.165, 1.54) is 0 Å². The molecule has 0 radical (unpaired) electrons. The first-order valence-electron chi connectivity index (χ1n) is 6.63. The predicted molar refractivity (Wildman–Crippen MR) is 67.9 cm³/mol. The first-order valence-corrected chi connectivity index (χ1v) is 6.63. The van der Waals surface area contributed by atoms with Gasteiger partial charge in [0.15, 0.2) is 0 Å². The lowest BCUT2D eigenvalue weighted by molar-refractivity contribution is -0.148. The third-order valence-electron chi connectivity index (χ3n) is 3.18. The molecular weight excluding hydrogens is 232 g/mol. The van der Waals surface area contributed by atoms with Gasteiger partial charge in [-0.15, -0.1) is 0 Å². The molecule has 0 aliphatic heterocycles. The van der Waals surface area contributed by atoms with Crippen LogP contribution in [0.3, 0.4) is 0 Å². The Morgan fingerprint density at radius 3 is 1.67 bits per heavy atom. The quantitative estimate of drug-likeness (QED) is 0.539. The number of allylic oxidation sites excluding steroid dienone is 2. The Labute approximate surface area is 108 Å². The highest BCUT2D eigenvalue weighted by molar-refractivity contribution is 5.71. The molecule has 4 heteroatoms. The number of esters is 2. The Bertz CT molecular complexity index is 279. The van der Waals surface area contributed by atoms with E-state index in [4.69, 9.17) is 9.47 Å². The van der Waals surface area contributed by atoms with Gasteiger partial charge in [0.05, 0.1) is 13.2 Å². The van der Waals surface area contributed by atoms with E-state index < -0.39 is 0 Å². The van der Waals surface area contributed by atoms with Crippen LogP contribution in [0.25, 0.3) is 0 Å². The molecular formula is C14H22O4. The van der Waals surface area contributed by atoms with Crippen molar-refractivity contribution in [1.29, 1.82) is 0 Å². The Balaban J connectivity index is 2.49. The van der Waals surface area contributed by atoms with Crippen molar-refractivity contribution in [2.75, 3.05) is 13.2 Å². The maximum absolute atomic E-state index is 11.5. The molecule has 0 aromatic rings. The van der Waals surface area contributed by atoms with Gasteiger partial charge in [0.2, 0.25) is 0 Å². The second-order valence-corrected chi connectivity index (χ2v) is 4.48. The van der Waals surface area contributed by atoms with Crippen LogP contribution in [-0.4, -0.2) is 25.2 Å². The van der Waals surface area contributed by atoms with Gasteiger partial charge in [-0.05, 0) is 38.5 Å². The van der Waals surface area contributed by atoms with Gasteiger partial charge in [0.1, 0.15) is 0 Å². The summed E-state index contributed by atoms with van der Waals surface area (Å²) in [4.78, 5) is 23.0. The fourth-order valence-electron chi connectivity index (χ4n) is 2.29. The molecule has 2 atom stereocenters. The number of carbonyl (C=O) groups excluding carboxylic acids is 2. The SMILES string of the molecule is CCOC(=O)C[C@H]1CC=CC[C@H]1CC(=O)OCC. The van der Waals surface area contributed by atoms with Crippen LogP contribution in [0.1, 0.15) is 39.5 Å². The lowest BCUT2D eigenvalue weighted by Gasteiger charge is -2.27. The molecule has 0 saturated carbocycles. The summed E-state index contributed by atoms with van der Waals surface area (Å²) in [6.07, 6.45) is 6.60. The molecule has 1 aliphatic rings. The van der Waals surface area contributed by atoms with Crippen LogP contribution < -0.4 is 0 Å². The maximum atomic E-state index is 11.5. The molecule has 0 spiro atoms. The first-order chi connectivity index (χ1) is 8.67. The molecule has 18 heavy (non-hydrogen) atoms. The topological polar surface area (TPSA) is 52.6 Å². The van der Waals surface area contributed by atoms with Gasteiger partial charge < -0.3 is 9.47 Å². The van der Waals surface area contributed by atoms with Crippen molar-refractivity contribution in [3.63, 3.8) is 0 Å². The van der Waals surface area contributed by atoms with Crippen LogP contribution in [0.15, 0.2) is 12.2 Å². The van der Waals surface area contributed by atoms with Crippen molar-refractivity contribution in [2.24, 2.45) is 11.8 Å². The summed E-state index contributed by atoms with van der Waals surface area (Å²) in [6, 6.07) is 0. The van der Waals surface area contributed by atoms with Crippen LogP contribution in [0, 0.1) is 11.8 Å². The van der Waals surface area contributed by atoms with Crippen molar-refractivity contribution in [1.82, 2.24) is 0 Å². The van der Waals surface area contributed by atoms with Crippen molar-refractivity contribution in [3.8, 4) is 0 Å². The van der Waals surface area contributed by atoms with E-state index in [1.807, 2.05) is 0 Å². The Hall–Kier alpha value is -1.32. The summed E-state index contributed by atoms with van der Waals surface area (Å²) >= 11 is 0. The average Bonchev–Trinajstić information content (AvgIpc) is 2.32. The van der Waals surface area contributed by atoms with Crippen LogP contribution in [0.2, 0.25) is 0 Å². The Morgan fingerprint density at radius 1 is 0.944 bits per heavy atom. The second kappa shape index (κ2) is 7.90. The lowest BCUT2D eigenvalue weighted by atomic mass is 9.79. The minimum Gasteiger partial charge on any atom is -0.466 e. The minimum atomic E-state index is -0.174. The predicted octanol–water partition coefficient (Wildman–Crippen LogP) is 2.48. The monoisotopic (exact) mass is 254 g/mol. The summed E-state index contributed by atoms with van der Waals surface area (Å²) < 4.78 is 9.93. The van der Waals surface area contributed by atoms with Crippen molar-refractivity contribution >= 4 is 11.9 Å². The fourth-order valence-corrected chi connectivity index (χ4v) is 2.29. The normalized spacial score (nSPS) is 22.6. The van der Waals surface area contributed by atoms with E-state index in [-0.39, 0.29) is 23.8 Å². The number of hydrogen-bond acceptors (Lipinski definition) is 4. The molecule has 1 rings (SSSR count). The van der Waals surface area contributed by atoms with E-state index >= 15 is 0 Å². The van der Waals surface area contributed by atoms with E-state index in [9.17, 15) is 9.59 Å². The molecule has 0 bridgehead atoms. The summed E-state index contributed by atoms with van der Waals surface area (Å²) in [5.41, 5.74) is 0. The fraction of sp³-hybridized carbons (Fsp3) is 0.714. The van der Waals surface area contributed by atoms with Gasteiger partial charge in [-0.1, -0.05) is 12.2 Å². The Morgan fingerprint density at radius 2 is 1.33 bits per heavy atom. The van der Waals surface area contributed by atoms with Crippen molar-refractivity contribution in [3.05, 3.63) is 12.2 Å². The number of rotatable bonds is 6. The third kappa shape index (κ3) is 4.90. The number of ether oxygens (including phenoxy) is 2. The molecule has 102 valence electrons. The largest absolute Gasteiger partial charge is 0.466 e. The highest BCUT2D eigenvalue weighted by atomic mass is 16.5. The molecule has 0 aromatic heterocycles. The zero-order valence-corrected chi connectivity index (χ0v) is 11.2. The van der Waals surface area contributed by atoms with Crippen molar-refractivity contribution in [2.45, 2.75) is 39.5 Å². The third-order valence-corrected chi connectivity index (χ3v) is 3.18.